The lowest BCUT2D eigenvalue weighted by Crippen LogP contribution is -2.22. The van der Waals surface area contributed by atoms with Gasteiger partial charge in [-0.1, -0.05) is 6.07 Å². The Morgan fingerprint density at radius 2 is 2.56 bits per heavy atom. The fourth-order valence-corrected chi connectivity index (χ4v) is 2.99. The Bertz CT molecular complexity index is 474. The summed E-state index contributed by atoms with van der Waals surface area (Å²) in [5.41, 5.74) is 2.37. The fourth-order valence-electron chi connectivity index (χ4n) is 2.23. The number of rotatable bonds is 5. The topological polar surface area (TPSA) is 49.9 Å². The van der Waals surface area contributed by atoms with E-state index in [4.69, 9.17) is 4.74 Å². The molecule has 0 aromatic carbocycles. The van der Waals surface area contributed by atoms with Gasteiger partial charge in [0, 0.05) is 25.3 Å². The fraction of sp³-hybridized carbons (Fsp3) is 0.462. The molecule has 1 atom stereocenters. The first-order valence-corrected chi connectivity index (χ1v) is 7.16. The third-order valence-electron chi connectivity index (χ3n) is 3.26. The van der Waals surface area contributed by atoms with Crippen LogP contribution < -0.4 is 5.32 Å². The average Bonchev–Trinajstić information content (AvgIpc) is 3.12. The molecule has 3 heterocycles. The normalized spacial score (nSPS) is 19.4. The van der Waals surface area contributed by atoms with Crippen molar-refractivity contribution in [3.63, 3.8) is 0 Å². The van der Waals surface area contributed by atoms with Crippen LogP contribution in [0.1, 0.15) is 12.0 Å². The number of thiophene rings is 1. The van der Waals surface area contributed by atoms with Crippen LogP contribution in [-0.4, -0.2) is 30.0 Å². The lowest BCUT2D eigenvalue weighted by molar-refractivity contribution is 0.185. The number of hydrogen-bond acceptors (Lipinski definition) is 4. The van der Waals surface area contributed by atoms with Crippen LogP contribution in [0.2, 0.25) is 0 Å². The van der Waals surface area contributed by atoms with Crippen molar-refractivity contribution < 1.29 is 4.74 Å². The van der Waals surface area contributed by atoms with E-state index in [0.29, 0.717) is 5.92 Å². The van der Waals surface area contributed by atoms with Crippen LogP contribution in [0.3, 0.4) is 0 Å². The van der Waals surface area contributed by atoms with Gasteiger partial charge in [0.05, 0.1) is 23.4 Å². The van der Waals surface area contributed by atoms with Crippen LogP contribution >= 0.6 is 11.3 Å². The molecule has 2 aromatic heterocycles. The maximum Gasteiger partial charge on any atom is 0.0794 e. The number of H-pyrrole nitrogens is 1. The highest BCUT2D eigenvalue weighted by Crippen LogP contribution is 2.25. The minimum atomic E-state index is 0.669. The molecule has 0 radical (unpaired) electrons. The number of ether oxygens (including phenoxy) is 1. The summed E-state index contributed by atoms with van der Waals surface area (Å²) in [5.74, 6) is 0.669. The van der Waals surface area contributed by atoms with Gasteiger partial charge in [0.15, 0.2) is 0 Å². The molecule has 1 fully saturated rings. The number of aromatic nitrogens is 2. The molecule has 0 spiro atoms. The van der Waals surface area contributed by atoms with Gasteiger partial charge < -0.3 is 10.1 Å². The van der Waals surface area contributed by atoms with Gasteiger partial charge in [0.25, 0.3) is 0 Å². The number of aromatic amines is 1. The zero-order valence-corrected chi connectivity index (χ0v) is 11.0. The predicted octanol–water partition coefficient (Wildman–Crippen LogP) is 2.26. The molecule has 96 valence electrons. The van der Waals surface area contributed by atoms with E-state index in [9.17, 15) is 0 Å². The molecule has 2 aromatic rings. The van der Waals surface area contributed by atoms with E-state index >= 15 is 0 Å². The first-order valence-electron chi connectivity index (χ1n) is 6.28. The monoisotopic (exact) mass is 263 g/mol. The Labute approximate surface area is 110 Å². The van der Waals surface area contributed by atoms with Crippen molar-refractivity contribution >= 4 is 11.3 Å². The summed E-state index contributed by atoms with van der Waals surface area (Å²) < 4.78 is 5.37. The Balaban J connectivity index is 1.58. The second-order valence-corrected chi connectivity index (χ2v) is 5.56. The van der Waals surface area contributed by atoms with E-state index in [1.807, 2.05) is 6.20 Å². The van der Waals surface area contributed by atoms with Crippen molar-refractivity contribution in [2.24, 2.45) is 5.92 Å². The van der Waals surface area contributed by atoms with Gasteiger partial charge in [0.2, 0.25) is 0 Å². The predicted molar refractivity (Wildman–Crippen MR) is 72.5 cm³/mol. The SMILES string of the molecule is c1csc(-c2[nH]ncc2CNC[C@H]2CCOC2)c1. The highest BCUT2D eigenvalue weighted by atomic mass is 32.1. The third-order valence-corrected chi connectivity index (χ3v) is 4.15. The lowest BCUT2D eigenvalue weighted by atomic mass is 10.1. The molecule has 0 aliphatic carbocycles. The molecule has 1 aliphatic heterocycles. The molecule has 18 heavy (non-hydrogen) atoms. The van der Waals surface area contributed by atoms with Gasteiger partial charge in [-0.15, -0.1) is 11.3 Å². The van der Waals surface area contributed by atoms with Crippen molar-refractivity contribution in [2.75, 3.05) is 19.8 Å². The molecular weight excluding hydrogens is 246 g/mol. The molecule has 1 aliphatic rings. The quantitative estimate of drug-likeness (QED) is 0.870. The van der Waals surface area contributed by atoms with E-state index < -0.39 is 0 Å². The van der Waals surface area contributed by atoms with E-state index in [1.54, 1.807) is 11.3 Å². The molecule has 0 bridgehead atoms. The van der Waals surface area contributed by atoms with E-state index in [0.717, 1.165) is 32.0 Å². The second-order valence-electron chi connectivity index (χ2n) is 4.61. The van der Waals surface area contributed by atoms with E-state index in [-0.39, 0.29) is 0 Å². The molecule has 2 N–H and O–H groups in total. The minimum Gasteiger partial charge on any atom is -0.381 e. The third kappa shape index (κ3) is 2.63. The Morgan fingerprint density at radius 1 is 1.56 bits per heavy atom. The molecule has 4 nitrogen and oxygen atoms in total. The molecule has 0 unspecified atom stereocenters. The summed E-state index contributed by atoms with van der Waals surface area (Å²) in [6.07, 6.45) is 3.09. The summed E-state index contributed by atoms with van der Waals surface area (Å²) in [6.45, 7) is 3.70. The summed E-state index contributed by atoms with van der Waals surface area (Å²) in [4.78, 5) is 1.24. The molecule has 0 amide bonds. The van der Waals surface area contributed by atoms with Gasteiger partial charge in [0.1, 0.15) is 0 Å². The smallest absolute Gasteiger partial charge is 0.0794 e. The van der Waals surface area contributed by atoms with Gasteiger partial charge in [-0.3, -0.25) is 5.10 Å². The number of hydrogen-bond donors (Lipinski definition) is 2. The highest BCUT2D eigenvalue weighted by molar-refractivity contribution is 7.13. The Kier molecular flexibility index (Phi) is 3.73. The number of nitrogens with zero attached hydrogens (tertiary/aromatic N) is 1. The first kappa shape index (κ1) is 11.9. The summed E-state index contributed by atoms with van der Waals surface area (Å²) in [7, 11) is 0. The van der Waals surface area contributed by atoms with Crippen LogP contribution in [0.15, 0.2) is 23.7 Å². The summed E-state index contributed by atoms with van der Waals surface area (Å²) >= 11 is 1.73. The highest BCUT2D eigenvalue weighted by Gasteiger charge is 2.15. The maximum atomic E-state index is 5.37. The van der Waals surface area contributed by atoms with Crippen LogP contribution in [0.25, 0.3) is 10.6 Å². The summed E-state index contributed by atoms with van der Waals surface area (Å²) in [5, 5.41) is 12.8. The van der Waals surface area contributed by atoms with Crippen molar-refractivity contribution in [3.8, 4) is 10.6 Å². The van der Waals surface area contributed by atoms with Gasteiger partial charge in [-0.25, -0.2) is 0 Å². The Hall–Kier alpha value is -1.17. The zero-order chi connectivity index (χ0) is 12.2. The lowest BCUT2D eigenvalue weighted by Gasteiger charge is -2.09. The van der Waals surface area contributed by atoms with Crippen LogP contribution in [0.5, 0.6) is 0 Å². The standard InChI is InChI=1S/C13H17N3OS/c1-2-12(18-5-1)13-11(8-15-16-13)7-14-6-10-3-4-17-9-10/h1-2,5,8,10,14H,3-4,6-7,9H2,(H,15,16)/t10-/m1/s1. The van der Waals surface area contributed by atoms with Gasteiger partial charge in [-0.2, -0.15) is 5.10 Å². The van der Waals surface area contributed by atoms with Crippen LogP contribution in [0, 0.1) is 5.92 Å². The second kappa shape index (κ2) is 5.65. The molecule has 0 saturated carbocycles. The molecule has 1 saturated heterocycles. The molecule has 3 rings (SSSR count). The van der Waals surface area contributed by atoms with E-state index in [2.05, 4.69) is 33.0 Å². The number of nitrogens with one attached hydrogen (secondary N) is 2. The average molecular weight is 263 g/mol. The maximum absolute atomic E-state index is 5.37. The van der Waals surface area contributed by atoms with Crippen molar-refractivity contribution in [2.45, 2.75) is 13.0 Å². The zero-order valence-electron chi connectivity index (χ0n) is 10.2. The minimum absolute atomic E-state index is 0.669. The van der Waals surface area contributed by atoms with Crippen LogP contribution in [0.4, 0.5) is 0 Å². The van der Waals surface area contributed by atoms with E-state index in [1.165, 1.54) is 16.9 Å². The molecule has 5 heteroatoms. The molecular formula is C13H17N3OS. The van der Waals surface area contributed by atoms with Crippen molar-refractivity contribution in [1.29, 1.82) is 0 Å². The van der Waals surface area contributed by atoms with Crippen molar-refractivity contribution in [1.82, 2.24) is 15.5 Å². The van der Waals surface area contributed by atoms with Gasteiger partial charge in [-0.05, 0) is 23.8 Å². The first-order chi connectivity index (χ1) is 8.93. The van der Waals surface area contributed by atoms with Crippen molar-refractivity contribution in [3.05, 3.63) is 29.3 Å². The van der Waals surface area contributed by atoms with Gasteiger partial charge >= 0.3 is 0 Å². The largest absolute Gasteiger partial charge is 0.381 e. The Morgan fingerprint density at radius 3 is 3.33 bits per heavy atom. The van der Waals surface area contributed by atoms with Crippen LogP contribution in [-0.2, 0) is 11.3 Å². The summed E-state index contributed by atoms with van der Waals surface area (Å²) in [6, 6.07) is 4.18.